The van der Waals surface area contributed by atoms with Gasteiger partial charge in [-0.2, -0.15) is 0 Å². The monoisotopic (exact) mass is 240 g/mol. The zero-order valence-electron chi connectivity index (χ0n) is 11.3. The molecule has 98 valence electrons. The average Bonchev–Trinajstić information content (AvgIpc) is 2.95. The Hall–Kier alpha value is -0.610. The van der Waals surface area contributed by atoms with Crippen molar-refractivity contribution in [3.8, 4) is 0 Å². The molecule has 1 heterocycles. The van der Waals surface area contributed by atoms with Crippen molar-refractivity contribution in [2.24, 2.45) is 5.92 Å². The molecule has 0 aromatic heterocycles. The number of ether oxygens (including phenoxy) is 1. The molecule has 1 aliphatic heterocycles. The highest BCUT2D eigenvalue weighted by atomic mass is 16.5. The number of carbonyl (C=O) groups is 1. The highest BCUT2D eigenvalue weighted by Gasteiger charge is 2.59. The molecule has 0 aromatic rings. The van der Waals surface area contributed by atoms with Gasteiger partial charge in [0.2, 0.25) is 5.91 Å². The number of rotatable bonds is 5. The molecule has 1 amide bonds. The van der Waals surface area contributed by atoms with Crippen LogP contribution in [0.5, 0.6) is 0 Å². The summed E-state index contributed by atoms with van der Waals surface area (Å²) in [6.45, 7) is 9.68. The molecule has 1 saturated carbocycles. The summed E-state index contributed by atoms with van der Waals surface area (Å²) < 4.78 is 5.55. The second-order valence-corrected chi connectivity index (χ2v) is 5.83. The van der Waals surface area contributed by atoms with E-state index in [9.17, 15) is 4.79 Å². The molecular weight excluding hydrogens is 216 g/mol. The first-order valence-corrected chi connectivity index (χ1v) is 6.67. The molecule has 2 aliphatic rings. The molecule has 4 nitrogen and oxygen atoms in total. The summed E-state index contributed by atoms with van der Waals surface area (Å²) in [7, 11) is 0. The van der Waals surface area contributed by atoms with Crippen molar-refractivity contribution in [2.75, 3.05) is 13.2 Å². The standard InChI is InChI=1S/C13H24N2O2/c1-9(2)11-14-13(5-6-13)12(16)15(11)7-8-17-10(3)4/h9-11,14H,5-8H2,1-4H3. The first-order valence-electron chi connectivity index (χ1n) is 6.67. The number of nitrogens with one attached hydrogen (secondary N) is 1. The van der Waals surface area contributed by atoms with Crippen LogP contribution in [-0.4, -0.2) is 41.8 Å². The van der Waals surface area contributed by atoms with Crippen molar-refractivity contribution in [3.63, 3.8) is 0 Å². The maximum atomic E-state index is 12.3. The third kappa shape index (κ3) is 2.47. The predicted octanol–water partition coefficient (Wildman–Crippen LogP) is 1.36. The van der Waals surface area contributed by atoms with Crippen molar-refractivity contribution in [3.05, 3.63) is 0 Å². The lowest BCUT2D eigenvalue weighted by Crippen LogP contribution is -2.43. The minimum Gasteiger partial charge on any atom is -0.377 e. The van der Waals surface area contributed by atoms with Crippen LogP contribution in [0, 0.1) is 5.92 Å². The molecule has 1 spiro atoms. The Bertz CT molecular complexity index is 298. The van der Waals surface area contributed by atoms with Gasteiger partial charge in [0.15, 0.2) is 0 Å². The molecule has 1 saturated heterocycles. The normalized spacial score (nSPS) is 26.6. The number of nitrogens with zero attached hydrogens (tertiary/aromatic N) is 1. The Morgan fingerprint density at radius 3 is 2.53 bits per heavy atom. The highest BCUT2D eigenvalue weighted by Crippen LogP contribution is 2.43. The third-order valence-corrected chi connectivity index (χ3v) is 3.60. The Morgan fingerprint density at radius 1 is 1.41 bits per heavy atom. The minimum absolute atomic E-state index is 0.181. The summed E-state index contributed by atoms with van der Waals surface area (Å²) in [5.74, 6) is 0.724. The lowest BCUT2D eigenvalue weighted by atomic mass is 10.1. The van der Waals surface area contributed by atoms with Crippen LogP contribution in [0.15, 0.2) is 0 Å². The van der Waals surface area contributed by atoms with E-state index >= 15 is 0 Å². The van der Waals surface area contributed by atoms with Gasteiger partial charge in [0.1, 0.15) is 0 Å². The fraction of sp³-hybridized carbons (Fsp3) is 0.923. The van der Waals surface area contributed by atoms with Crippen LogP contribution in [0.3, 0.4) is 0 Å². The fourth-order valence-corrected chi connectivity index (χ4v) is 2.46. The minimum atomic E-state index is -0.202. The zero-order valence-corrected chi connectivity index (χ0v) is 11.3. The lowest BCUT2D eigenvalue weighted by molar-refractivity contribution is -0.132. The van der Waals surface area contributed by atoms with Crippen molar-refractivity contribution in [1.82, 2.24) is 10.2 Å². The Kier molecular flexibility index (Phi) is 3.46. The first kappa shape index (κ1) is 12.8. The number of hydrogen-bond donors (Lipinski definition) is 1. The van der Waals surface area contributed by atoms with Crippen molar-refractivity contribution in [1.29, 1.82) is 0 Å². The summed E-state index contributed by atoms with van der Waals surface area (Å²) >= 11 is 0. The topological polar surface area (TPSA) is 41.6 Å². The molecule has 0 radical (unpaired) electrons. The smallest absolute Gasteiger partial charge is 0.244 e. The third-order valence-electron chi connectivity index (χ3n) is 3.60. The molecule has 2 rings (SSSR count). The van der Waals surface area contributed by atoms with Crippen LogP contribution in [0.25, 0.3) is 0 Å². The molecule has 0 bridgehead atoms. The Morgan fingerprint density at radius 2 is 2.06 bits per heavy atom. The molecule has 1 atom stereocenters. The second-order valence-electron chi connectivity index (χ2n) is 5.83. The number of amides is 1. The van der Waals surface area contributed by atoms with E-state index in [-0.39, 0.29) is 23.7 Å². The zero-order chi connectivity index (χ0) is 12.6. The number of carbonyl (C=O) groups excluding carboxylic acids is 1. The lowest BCUT2D eigenvalue weighted by Gasteiger charge is -2.27. The van der Waals surface area contributed by atoms with Gasteiger partial charge in [-0.1, -0.05) is 13.8 Å². The van der Waals surface area contributed by atoms with Crippen LogP contribution in [0.4, 0.5) is 0 Å². The molecule has 1 aliphatic carbocycles. The van der Waals surface area contributed by atoms with Gasteiger partial charge < -0.3 is 9.64 Å². The first-order chi connectivity index (χ1) is 7.96. The van der Waals surface area contributed by atoms with Gasteiger partial charge in [0.25, 0.3) is 0 Å². The highest BCUT2D eigenvalue weighted by molar-refractivity contribution is 5.91. The van der Waals surface area contributed by atoms with Gasteiger partial charge in [-0.15, -0.1) is 0 Å². The van der Waals surface area contributed by atoms with E-state index in [1.165, 1.54) is 0 Å². The van der Waals surface area contributed by atoms with Crippen molar-refractivity contribution in [2.45, 2.75) is 58.3 Å². The molecular formula is C13H24N2O2. The van der Waals surface area contributed by atoms with Gasteiger partial charge in [0.05, 0.1) is 24.4 Å². The second kappa shape index (κ2) is 4.58. The Labute approximate surface area is 104 Å². The molecule has 2 fully saturated rings. The maximum absolute atomic E-state index is 12.3. The van der Waals surface area contributed by atoms with Crippen molar-refractivity contribution >= 4 is 5.91 Å². The summed E-state index contributed by atoms with van der Waals surface area (Å²) in [5, 5.41) is 3.50. The van der Waals surface area contributed by atoms with Gasteiger partial charge in [-0.3, -0.25) is 10.1 Å². The van der Waals surface area contributed by atoms with E-state index < -0.39 is 0 Å². The molecule has 1 unspecified atom stereocenters. The van der Waals surface area contributed by atoms with E-state index in [4.69, 9.17) is 4.74 Å². The predicted molar refractivity (Wildman–Crippen MR) is 66.5 cm³/mol. The molecule has 1 N–H and O–H groups in total. The fourth-order valence-electron chi connectivity index (χ4n) is 2.46. The largest absolute Gasteiger partial charge is 0.377 e. The molecule has 4 heteroatoms. The summed E-state index contributed by atoms with van der Waals surface area (Å²) in [6, 6.07) is 0. The van der Waals surface area contributed by atoms with Crippen LogP contribution in [0.2, 0.25) is 0 Å². The summed E-state index contributed by atoms with van der Waals surface area (Å²) in [4.78, 5) is 14.3. The number of hydrogen-bond acceptors (Lipinski definition) is 3. The van der Waals surface area contributed by atoms with E-state index in [0.717, 1.165) is 12.8 Å². The van der Waals surface area contributed by atoms with Gasteiger partial charge in [0, 0.05) is 6.54 Å². The maximum Gasteiger partial charge on any atom is 0.244 e. The molecule has 0 aromatic carbocycles. The van der Waals surface area contributed by atoms with E-state index in [1.54, 1.807) is 0 Å². The summed E-state index contributed by atoms with van der Waals surface area (Å²) in [5.41, 5.74) is -0.202. The van der Waals surface area contributed by atoms with E-state index in [0.29, 0.717) is 19.1 Å². The van der Waals surface area contributed by atoms with Crippen LogP contribution in [-0.2, 0) is 9.53 Å². The quantitative estimate of drug-likeness (QED) is 0.789. The Balaban J connectivity index is 1.95. The van der Waals surface area contributed by atoms with Gasteiger partial charge in [-0.05, 0) is 32.6 Å². The summed E-state index contributed by atoms with van der Waals surface area (Å²) in [6.07, 6.45) is 2.40. The van der Waals surface area contributed by atoms with E-state index in [1.807, 2.05) is 18.7 Å². The average molecular weight is 240 g/mol. The van der Waals surface area contributed by atoms with Crippen LogP contribution < -0.4 is 5.32 Å². The van der Waals surface area contributed by atoms with Crippen molar-refractivity contribution < 1.29 is 9.53 Å². The van der Waals surface area contributed by atoms with Crippen LogP contribution in [0.1, 0.15) is 40.5 Å². The van der Waals surface area contributed by atoms with E-state index in [2.05, 4.69) is 19.2 Å². The molecule has 17 heavy (non-hydrogen) atoms. The van der Waals surface area contributed by atoms with Crippen LogP contribution >= 0.6 is 0 Å². The van der Waals surface area contributed by atoms with Gasteiger partial charge >= 0.3 is 0 Å². The SMILES string of the molecule is CC(C)OCCN1C(=O)C2(CC2)NC1C(C)C. The van der Waals surface area contributed by atoms with Gasteiger partial charge in [-0.25, -0.2) is 0 Å².